The molecule has 5 heteroatoms. The van der Waals surface area contributed by atoms with Gasteiger partial charge in [-0.3, -0.25) is 4.40 Å². The first kappa shape index (κ1) is 14.5. The molecule has 0 bridgehead atoms. The van der Waals surface area contributed by atoms with Gasteiger partial charge in [0.05, 0.1) is 11.8 Å². The van der Waals surface area contributed by atoms with E-state index in [1.54, 1.807) is 18.4 Å². The third kappa shape index (κ3) is 4.03. The highest BCUT2D eigenvalue weighted by Gasteiger charge is 2.15. The Bertz CT molecular complexity index is 465. The van der Waals surface area contributed by atoms with Crippen LogP contribution in [0.15, 0.2) is 17.8 Å². The molecule has 1 N–H and O–H groups in total. The van der Waals surface area contributed by atoms with Crippen molar-refractivity contribution in [3.8, 4) is 0 Å². The van der Waals surface area contributed by atoms with Crippen molar-refractivity contribution in [2.45, 2.75) is 45.3 Å². The summed E-state index contributed by atoms with van der Waals surface area (Å²) in [4.78, 5) is 5.73. The molecule has 2 heterocycles. The summed E-state index contributed by atoms with van der Waals surface area (Å²) in [5.74, 6) is 0. The predicted octanol–water partition coefficient (Wildman–Crippen LogP) is 2.73. The standard InChI is InChI=1S/C14H23N3OS/c1-4-5-15-12(8-11(2)18-3)9-13-10-17-6-7-19-14(17)16-13/h6-7,10-12,15H,4-5,8-9H2,1-3H3. The normalized spacial score (nSPS) is 14.9. The van der Waals surface area contributed by atoms with Gasteiger partial charge in [0.15, 0.2) is 4.96 Å². The summed E-state index contributed by atoms with van der Waals surface area (Å²) in [5, 5.41) is 5.66. The average molecular weight is 281 g/mol. The van der Waals surface area contributed by atoms with Gasteiger partial charge in [-0.05, 0) is 26.3 Å². The van der Waals surface area contributed by atoms with Crippen molar-refractivity contribution < 1.29 is 4.74 Å². The van der Waals surface area contributed by atoms with Gasteiger partial charge in [0.2, 0.25) is 0 Å². The van der Waals surface area contributed by atoms with Crippen LogP contribution in [0.25, 0.3) is 4.96 Å². The topological polar surface area (TPSA) is 38.6 Å². The van der Waals surface area contributed by atoms with Crippen molar-refractivity contribution >= 4 is 16.3 Å². The molecule has 0 aromatic carbocycles. The van der Waals surface area contributed by atoms with Gasteiger partial charge in [-0.1, -0.05) is 6.92 Å². The van der Waals surface area contributed by atoms with Crippen molar-refractivity contribution in [1.82, 2.24) is 14.7 Å². The Morgan fingerprint density at radius 3 is 3.05 bits per heavy atom. The first-order chi connectivity index (χ1) is 9.22. The smallest absolute Gasteiger partial charge is 0.193 e. The Labute approximate surface area is 118 Å². The number of hydrogen-bond acceptors (Lipinski definition) is 4. The molecule has 0 aliphatic heterocycles. The average Bonchev–Trinajstić information content (AvgIpc) is 2.96. The quantitative estimate of drug-likeness (QED) is 0.808. The maximum atomic E-state index is 5.38. The molecule has 0 spiro atoms. The fourth-order valence-corrected chi connectivity index (χ4v) is 2.93. The van der Waals surface area contributed by atoms with Gasteiger partial charge >= 0.3 is 0 Å². The van der Waals surface area contributed by atoms with E-state index in [4.69, 9.17) is 4.74 Å². The summed E-state index contributed by atoms with van der Waals surface area (Å²) >= 11 is 1.68. The van der Waals surface area contributed by atoms with E-state index < -0.39 is 0 Å². The zero-order valence-corrected chi connectivity index (χ0v) is 12.7. The van der Waals surface area contributed by atoms with Crippen LogP contribution in [-0.4, -0.2) is 35.2 Å². The van der Waals surface area contributed by atoms with Gasteiger partial charge < -0.3 is 10.1 Å². The van der Waals surface area contributed by atoms with Crippen molar-refractivity contribution in [2.75, 3.05) is 13.7 Å². The Morgan fingerprint density at radius 2 is 2.37 bits per heavy atom. The molecule has 2 unspecified atom stereocenters. The van der Waals surface area contributed by atoms with Crippen LogP contribution in [0.5, 0.6) is 0 Å². The van der Waals surface area contributed by atoms with Gasteiger partial charge in [-0.15, -0.1) is 11.3 Å². The van der Waals surface area contributed by atoms with Crippen molar-refractivity contribution in [3.05, 3.63) is 23.5 Å². The first-order valence-electron chi connectivity index (χ1n) is 6.90. The molecule has 0 aliphatic carbocycles. The molecule has 0 saturated carbocycles. The minimum atomic E-state index is 0.276. The predicted molar refractivity (Wildman–Crippen MR) is 79.9 cm³/mol. The van der Waals surface area contributed by atoms with E-state index in [2.05, 4.69) is 46.3 Å². The lowest BCUT2D eigenvalue weighted by Crippen LogP contribution is -2.35. The van der Waals surface area contributed by atoms with Gasteiger partial charge in [0.1, 0.15) is 0 Å². The van der Waals surface area contributed by atoms with Crippen LogP contribution < -0.4 is 5.32 Å². The van der Waals surface area contributed by atoms with Crippen molar-refractivity contribution in [3.63, 3.8) is 0 Å². The molecule has 0 radical (unpaired) electrons. The summed E-state index contributed by atoms with van der Waals surface area (Å²) in [5.41, 5.74) is 1.16. The fourth-order valence-electron chi connectivity index (χ4n) is 2.21. The van der Waals surface area contributed by atoms with Crippen LogP contribution in [0.2, 0.25) is 0 Å². The summed E-state index contributed by atoms with van der Waals surface area (Å²) in [6, 6.07) is 0.430. The SMILES string of the molecule is CCCNC(Cc1cn2ccsc2n1)CC(C)OC. The van der Waals surface area contributed by atoms with Crippen LogP contribution in [-0.2, 0) is 11.2 Å². The highest BCUT2D eigenvalue weighted by molar-refractivity contribution is 7.15. The van der Waals surface area contributed by atoms with Crippen LogP contribution in [0.1, 0.15) is 32.4 Å². The number of nitrogens with zero attached hydrogens (tertiary/aromatic N) is 2. The minimum Gasteiger partial charge on any atom is -0.382 e. The minimum absolute atomic E-state index is 0.276. The molecule has 2 rings (SSSR count). The lowest BCUT2D eigenvalue weighted by atomic mass is 10.0. The summed E-state index contributed by atoms with van der Waals surface area (Å²) in [6.45, 7) is 5.35. The van der Waals surface area contributed by atoms with Crippen LogP contribution in [0.4, 0.5) is 0 Å². The second-order valence-corrected chi connectivity index (χ2v) is 5.84. The third-order valence-corrected chi connectivity index (χ3v) is 4.07. The Hall–Kier alpha value is -0.910. The molecule has 2 aromatic heterocycles. The second-order valence-electron chi connectivity index (χ2n) is 4.96. The van der Waals surface area contributed by atoms with E-state index in [-0.39, 0.29) is 6.10 Å². The third-order valence-electron chi connectivity index (χ3n) is 3.30. The molecule has 0 aliphatic rings. The Kier molecular flexibility index (Phi) is 5.36. The fraction of sp³-hybridized carbons (Fsp3) is 0.643. The second kappa shape index (κ2) is 7.03. The van der Waals surface area contributed by atoms with Crippen molar-refractivity contribution in [1.29, 1.82) is 0 Å². The molecule has 2 aromatic rings. The molecule has 0 fully saturated rings. The van der Waals surface area contributed by atoms with Crippen LogP contribution >= 0.6 is 11.3 Å². The molecule has 0 saturated heterocycles. The number of thiazole rings is 1. The molecular formula is C14H23N3OS. The number of methoxy groups -OCH3 is 1. The largest absolute Gasteiger partial charge is 0.382 e. The van der Waals surface area contributed by atoms with E-state index in [1.165, 1.54) is 0 Å². The number of rotatable bonds is 8. The molecule has 106 valence electrons. The monoisotopic (exact) mass is 281 g/mol. The van der Waals surface area contributed by atoms with E-state index in [0.29, 0.717) is 6.04 Å². The summed E-state index contributed by atoms with van der Waals surface area (Å²) < 4.78 is 7.47. The number of nitrogens with one attached hydrogen (secondary N) is 1. The zero-order chi connectivity index (χ0) is 13.7. The summed E-state index contributed by atoms with van der Waals surface area (Å²) in [6.07, 6.45) is 7.59. The highest BCUT2D eigenvalue weighted by atomic mass is 32.1. The molecule has 19 heavy (non-hydrogen) atoms. The Morgan fingerprint density at radius 1 is 1.53 bits per heavy atom. The van der Waals surface area contributed by atoms with Gasteiger partial charge in [-0.2, -0.15) is 0 Å². The number of hydrogen-bond donors (Lipinski definition) is 1. The van der Waals surface area contributed by atoms with Crippen LogP contribution in [0.3, 0.4) is 0 Å². The molecule has 0 amide bonds. The molecular weight excluding hydrogens is 258 g/mol. The first-order valence-corrected chi connectivity index (χ1v) is 7.78. The van der Waals surface area contributed by atoms with E-state index in [0.717, 1.165) is 36.5 Å². The number of fused-ring (bicyclic) bond motifs is 1. The molecule has 2 atom stereocenters. The van der Waals surface area contributed by atoms with Gasteiger partial charge in [0, 0.05) is 37.3 Å². The van der Waals surface area contributed by atoms with Crippen LogP contribution in [0, 0.1) is 0 Å². The number of aromatic nitrogens is 2. The lowest BCUT2D eigenvalue weighted by molar-refractivity contribution is 0.100. The van der Waals surface area contributed by atoms with E-state index >= 15 is 0 Å². The zero-order valence-electron chi connectivity index (χ0n) is 11.9. The van der Waals surface area contributed by atoms with Gasteiger partial charge in [0.25, 0.3) is 0 Å². The van der Waals surface area contributed by atoms with Gasteiger partial charge in [-0.25, -0.2) is 4.98 Å². The van der Waals surface area contributed by atoms with E-state index in [9.17, 15) is 0 Å². The summed E-state index contributed by atoms with van der Waals surface area (Å²) in [7, 11) is 1.77. The number of ether oxygens (including phenoxy) is 1. The van der Waals surface area contributed by atoms with E-state index in [1.807, 2.05) is 0 Å². The highest BCUT2D eigenvalue weighted by Crippen LogP contribution is 2.14. The maximum Gasteiger partial charge on any atom is 0.193 e. The lowest BCUT2D eigenvalue weighted by Gasteiger charge is -2.20. The molecule has 4 nitrogen and oxygen atoms in total. The van der Waals surface area contributed by atoms with Crippen molar-refractivity contribution in [2.24, 2.45) is 0 Å². The Balaban J connectivity index is 1.99. The number of imidazole rings is 1. The maximum absolute atomic E-state index is 5.38.